The fraction of sp³-hybridized carbons (Fsp3) is 0.133. The van der Waals surface area contributed by atoms with Crippen LogP contribution < -0.4 is 5.43 Å². The van der Waals surface area contributed by atoms with E-state index in [4.69, 9.17) is 11.6 Å². The van der Waals surface area contributed by atoms with E-state index in [1.165, 1.54) is 11.3 Å². The number of nitrogens with zero attached hydrogens (tertiary/aromatic N) is 2. The van der Waals surface area contributed by atoms with E-state index in [1.807, 2.05) is 37.3 Å². The number of hydrogen-bond acceptors (Lipinski definition) is 4. The third kappa shape index (κ3) is 2.89. The SMILES string of the molecule is Cc1cc(=O)c(-c2nnc(C(Cl)c3ccccc3)s2)c[nH]1. The van der Waals surface area contributed by atoms with Gasteiger partial charge in [-0.2, -0.15) is 0 Å². The summed E-state index contributed by atoms with van der Waals surface area (Å²) in [7, 11) is 0. The van der Waals surface area contributed by atoms with Gasteiger partial charge >= 0.3 is 0 Å². The third-order valence-electron chi connectivity index (χ3n) is 3.04. The fourth-order valence-corrected chi connectivity index (χ4v) is 3.14. The molecule has 106 valence electrons. The highest BCUT2D eigenvalue weighted by Gasteiger charge is 2.17. The monoisotopic (exact) mass is 317 g/mol. The molecule has 0 saturated heterocycles. The van der Waals surface area contributed by atoms with Crippen molar-refractivity contribution >= 4 is 22.9 Å². The molecule has 21 heavy (non-hydrogen) atoms. The summed E-state index contributed by atoms with van der Waals surface area (Å²) in [5, 5.41) is 9.10. The highest BCUT2D eigenvalue weighted by molar-refractivity contribution is 7.15. The van der Waals surface area contributed by atoms with Crippen LogP contribution in [0.25, 0.3) is 10.6 Å². The van der Waals surface area contributed by atoms with Crippen LogP contribution >= 0.6 is 22.9 Å². The van der Waals surface area contributed by atoms with Gasteiger partial charge in [-0.3, -0.25) is 4.79 Å². The maximum absolute atomic E-state index is 12.0. The van der Waals surface area contributed by atoms with E-state index in [0.29, 0.717) is 15.6 Å². The highest BCUT2D eigenvalue weighted by atomic mass is 35.5. The largest absolute Gasteiger partial charge is 0.364 e. The average Bonchev–Trinajstić information content (AvgIpc) is 2.97. The molecule has 0 saturated carbocycles. The number of hydrogen-bond donors (Lipinski definition) is 1. The first-order valence-electron chi connectivity index (χ1n) is 6.37. The summed E-state index contributed by atoms with van der Waals surface area (Å²) in [5.41, 5.74) is 2.22. The summed E-state index contributed by atoms with van der Waals surface area (Å²) in [6.45, 7) is 1.83. The Morgan fingerprint density at radius 1 is 1.24 bits per heavy atom. The van der Waals surface area contributed by atoms with Gasteiger partial charge in [0.05, 0.1) is 5.56 Å². The van der Waals surface area contributed by atoms with Gasteiger partial charge in [0.25, 0.3) is 0 Å². The van der Waals surface area contributed by atoms with Gasteiger partial charge in [-0.25, -0.2) is 0 Å². The number of benzene rings is 1. The molecular formula is C15H12ClN3OS. The van der Waals surface area contributed by atoms with Crippen LogP contribution in [0.4, 0.5) is 0 Å². The van der Waals surface area contributed by atoms with Crippen molar-refractivity contribution in [3.8, 4) is 10.6 Å². The second kappa shape index (κ2) is 5.79. The van der Waals surface area contributed by atoms with E-state index < -0.39 is 0 Å². The Morgan fingerprint density at radius 3 is 2.71 bits per heavy atom. The zero-order valence-electron chi connectivity index (χ0n) is 11.2. The van der Waals surface area contributed by atoms with Crippen LogP contribution in [0, 0.1) is 6.92 Å². The Labute approximate surface area is 130 Å². The van der Waals surface area contributed by atoms with Crippen molar-refractivity contribution in [1.82, 2.24) is 15.2 Å². The van der Waals surface area contributed by atoms with Gasteiger partial charge < -0.3 is 4.98 Å². The third-order valence-corrected chi connectivity index (χ3v) is 4.65. The van der Waals surface area contributed by atoms with E-state index in [2.05, 4.69) is 15.2 Å². The van der Waals surface area contributed by atoms with E-state index in [1.54, 1.807) is 12.3 Å². The zero-order valence-corrected chi connectivity index (χ0v) is 12.8. The maximum atomic E-state index is 12.0. The van der Waals surface area contributed by atoms with Gasteiger partial charge in [0.1, 0.15) is 10.4 Å². The quantitative estimate of drug-likeness (QED) is 0.752. The normalized spacial score (nSPS) is 12.3. The molecule has 0 spiro atoms. The number of rotatable bonds is 3. The minimum Gasteiger partial charge on any atom is -0.364 e. The summed E-state index contributed by atoms with van der Waals surface area (Å²) in [6, 6.07) is 11.2. The molecule has 0 bridgehead atoms. The molecule has 0 fully saturated rings. The average molecular weight is 318 g/mol. The molecule has 1 aromatic carbocycles. The molecule has 1 N–H and O–H groups in total. The molecule has 0 radical (unpaired) electrons. The van der Waals surface area contributed by atoms with Crippen LogP contribution in [0.1, 0.15) is 21.6 Å². The maximum Gasteiger partial charge on any atom is 0.192 e. The predicted octanol–water partition coefficient (Wildman–Crippen LogP) is 3.53. The topological polar surface area (TPSA) is 58.6 Å². The second-order valence-corrected chi connectivity index (χ2v) is 6.06. The summed E-state index contributed by atoms with van der Waals surface area (Å²) in [4.78, 5) is 15.0. The van der Waals surface area contributed by atoms with Crippen LogP contribution in [0.5, 0.6) is 0 Å². The molecule has 0 aliphatic rings. The van der Waals surface area contributed by atoms with E-state index >= 15 is 0 Å². The molecule has 1 atom stereocenters. The van der Waals surface area contributed by atoms with Gasteiger partial charge in [-0.1, -0.05) is 41.7 Å². The molecular weight excluding hydrogens is 306 g/mol. The lowest BCUT2D eigenvalue weighted by molar-refractivity contribution is 0.986. The van der Waals surface area contributed by atoms with Crippen LogP contribution in [-0.2, 0) is 0 Å². The molecule has 0 aliphatic heterocycles. The molecule has 3 aromatic rings. The van der Waals surface area contributed by atoms with Crippen molar-refractivity contribution < 1.29 is 0 Å². The number of pyridine rings is 1. The van der Waals surface area contributed by atoms with Crippen molar-refractivity contribution in [1.29, 1.82) is 0 Å². The van der Waals surface area contributed by atoms with Crippen LogP contribution in [-0.4, -0.2) is 15.2 Å². The van der Waals surface area contributed by atoms with Gasteiger partial charge in [-0.05, 0) is 12.5 Å². The van der Waals surface area contributed by atoms with Crippen molar-refractivity contribution in [2.75, 3.05) is 0 Å². The van der Waals surface area contributed by atoms with E-state index in [-0.39, 0.29) is 10.8 Å². The minimum atomic E-state index is -0.359. The number of aromatic amines is 1. The smallest absolute Gasteiger partial charge is 0.192 e. The number of nitrogens with one attached hydrogen (secondary N) is 1. The first kappa shape index (κ1) is 14.0. The van der Waals surface area contributed by atoms with Gasteiger partial charge in [0.15, 0.2) is 10.4 Å². The van der Waals surface area contributed by atoms with Crippen LogP contribution in [0.3, 0.4) is 0 Å². The van der Waals surface area contributed by atoms with Crippen molar-refractivity contribution in [2.45, 2.75) is 12.3 Å². The lowest BCUT2D eigenvalue weighted by Gasteiger charge is -2.04. The van der Waals surface area contributed by atoms with Crippen molar-refractivity contribution in [2.24, 2.45) is 0 Å². The Kier molecular flexibility index (Phi) is 3.86. The van der Waals surface area contributed by atoms with Crippen LogP contribution in [0.15, 0.2) is 47.4 Å². The minimum absolute atomic E-state index is 0.0696. The molecule has 2 heterocycles. The van der Waals surface area contributed by atoms with E-state index in [0.717, 1.165) is 11.3 Å². The second-order valence-electron chi connectivity index (χ2n) is 4.61. The van der Waals surface area contributed by atoms with Crippen LogP contribution in [0.2, 0.25) is 0 Å². The standard InChI is InChI=1S/C15H12ClN3OS/c1-9-7-12(20)11(8-17-9)14-18-19-15(21-14)13(16)10-5-3-2-4-6-10/h2-8,13H,1H3,(H,17,20). The molecule has 1 unspecified atom stereocenters. The molecule has 6 heteroatoms. The predicted molar refractivity (Wildman–Crippen MR) is 84.8 cm³/mol. The first-order chi connectivity index (χ1) is 10.1. The lowest BCUT2D eigenvalue weighted by atomic mass is 10.1. The number of aromatic nitrogens is 3. The van der Waals surface area contributed by atoms with Gasteiger partial charge in [-0.15, -0.1) is 21.8 Å². The number of aryl methyl sites for hydroxylation is 1. The fourth-order valence-electron chi connectivity index (χ4n) is 1.95. The molecule has 3 rings (SSSR count). The molecule has 0 aliphatic carbocycles. The Balaban J connectivity index is 1.95. The molecule has 2 aromatic heterocycles. The van der Waals surface area contributed by atoms with E-state index in [9.17, 15) is 4.79 Å². The number of alkyl halides is 1. The Hall–Kier alpha value is -1.98. The van der Waals surface area contributed by atoms with Gasteiger partial charge in [0.2, 0.25) is 0 Å². The van der Waals surface area contributed by atoms with Crippen molar-refractivity contribution in [3.05, 3.63) is 69.1 Å². The summed E-state index contributed by atoms with van der Waals surface area (Å²) < 4.78 is 0. The lowest BCUT2D eigenvalue weighted by Crippen LogP contribution is -2.04. The summed E-state index contributed by atoms with van der Waals surface area (Å²) in [6.07, 6.45) is 1.66. The Morgan fingerprint density at radius 2 is 2.00 bits per heavy atom. The summed E-state index contributed by atoms with van der Waals surface area (Å²) in [5.74, 6) is 0. The molecule has 4 nitrogen and oxygen atoms in total. The number of H-pyrrole nitrogens is 1. The zero-order chi connectivity index (χ0) is 14.8. The summed E-state index contributed by atoms with van der Waals surface area (Å²) >= 11 is 7.75. The molecule has 0 amide bonds. The van der Waals surface area contributed by atoms with Gasteiger partial charge in [0, 0.05) is 18.0 Å². The Bertz CT molecular complexity index is 813. The van der Waals surface area contributed by atoms with Crippen molar-refractivity contribution in [3.63, 3.8) is 0 Å². The first-order valence-corrected chi connectivity index (χ1v) is 7.62. The highest BCUT2D eigenvalue weighted by Crippen LogP contribution is 2.32. The number of halogens is 1.